The molecule has 0 saturated heterocycles. The molecular weight excluding hydrogens is 194 g/mol. The second kappa shape index (κ2) is 7.76. The molecule has 72 valence electrons. The fraction of sp³-hybridized carbons (Fsp3) is 0.857. The first kappa shape index (κ1) is 12.1. The van der Waals surface area contributed by atoms with Gasteiger partial charge < -0.3 is 10.8 Å². The van der Waals surface area contributed by atoms with Gasteiger partial charge in [0.25, 0.3) is 0 Å². The lowest BCUT2D eigenvalue weighted by Crippen LogP contribution is -2.32. The molecular formula is C7H15NO2S2. The van der Waals surface area contributed by atoms with Crippen molar-refractivity contribution in [2.75, 3.05) is 11.5 Å². The number of hydrogen-bond acceptors (Lipinski definition) is 4. The fourth-order valence-corrected chi connectivity index (χ4v) is 2.80. The van der Waals surface area contributed by atoms with E-state index in [1.807, 2.05) is 0 Å². The number of carbonyl (C=O) groups is 1. The van der Waals surface area contributed by atoms with Crippen LogP contribution >= 0.6 is 21.6 Å². The third kappa shape index (κ3) is 6.82. The maximum absolute atomic E-state index is 10.3. The summed E-state index contributed by atoms with van der Waals surface area (Å²) in [4.78, 5) is 10.3. The van der Waals surface area contributed by atoms with Crippen LogP contribution in [0, 0.1) is 0 Å². The van der Waals surface area contributed by atoms with E-state index in [9.17, 15) is 4.79 Å². The Kier molecular flexibility index (Phi) is 7.85. The summed E-state index contributed by atoms with van der Waals surface area (Å²) >= 11 is 0. The molecule has 0 saturated carbocycles. The molecule has 1 atom stereocenters. The average molecular weight is 209 g/mol. The van der Waals surface area contributed by atoms with Gasteiger partial charge in [-0.2, -0.15) is 0 Å². The zero-order chi connectivity index (χ0) is 9.40. The van der Waals surface area contributed by atoms with Gasteiger partial charge in [0.05, 0.1) is 0 Å². The van der Waals surface area contributed by atoms with Crippen LogP contribution in [0.3, 0.4) is 0 Å². The van der Waals surface area contributed by atoms with E-state index in [1.165, 1.54) is 12.8 Å². The molecule has 0 aliphatic rings. The van der Waals surface area contributed by atoms with Crippen LogP contribution in [0.5, 0.6) is 0 Å². The molecule has 0 amide bonds. The molecule has 5 heteroatoms. The Morgan fingerprint density at radius 1 is 1.58 bits per heavy atom. The Balaban J connectivity index is 3.14. The van der Waals surface area contributed by atoms with Crippen molar-refractivity contribution in [2.45, 2.75) is 25.8 Å². The smallest absolute Gasteiger partial charge is 0.321 e. The third-order valence-electron chi connectivity index (χ3n) is 1.23. The van der Waals surface area contributed by atoms with Crippen molar-refractivity contribution < 1.29 is 9.90 Å². The topological polar surface area (TPSA) is 63.3 Å². The van der Waals surface area contributed by atoms with Crippen LogP contribution in [0.25, 0.3) is 0 Å². The van der Waals surface area contributed by atoms with E-state index in [2.05, 4.69) is 6.92 Å². The molecule has 0 heterocycles. The molecule has 0 aromatic rings. The van der Waals surface area contributed by atoms with Crippen LogP contribution in [0.2, 0.25) is 0 Å². The van der Waals surface area contributed by atoms with Crippen LogP contribution in [-0.4, -0.2) is 28.6 Å². The van der Waals surface area contributed by atoms with Crippen LogP contribution in [0.15, 0.2) is 0 Å². The van der Waals surface area contributed by atoms with E-state index in [1.54, 1.807) is 21.6 Å². The summed E-state index contributed by atoms with van der Waals surface area (Å²) in [5.74, 6) is 0.649. The highest BCUT2D eigenvalue weighted by atomic mass is 33.1. The summed E-state index contributed by atoms with van der Waals surface area (Å²) in [6.07, 6.45) is 2.36. The number of rotatable bonds is 7. The number of unbranched alkanes of at least 4 members (excludes halogenated alkanes) is 1. The SMILES string of the molecule is CCCCSSC[C@H](N)C(=O)O. The van der Waals surface area contributed by atoms with Crippen LogP contribution in [0.4, 0.5) is 0 Å². The summed E-state index contributed by atoms with van der Waals surface area (Å²) < 4.78 is 0. The van der Waals surface area contributed by atoms with E-state index >= 15 is 0 Å². The molecule has 0 aliphatic carbocycles. The molecule has 0 fully saturated rings. The van der Waals surface area contributed by atoms with E-state index in [4.69, 9.17) is 10.8 Å². The lowest BCUT2D eigenvalue weighted by Gasteiger charge is -2.04. The maximum Gasteiger partial charge on any atom is 0.321 e. The third-order valence-corrected chi connectivity index (χ3v) is 3.75. The first-order valence-corrected chi connectivity index (χ1v) is 6.40. The van der Waals surface area contributed by atoms with Gasteiger partial charge in [0.15, 0.2) is 0 Å². The van der Waals surface area contributed by atoms with Gasteiger partial charge in [0, 0.05) is 11.5 Å². The van der Waals surface area contributed by atoms with Crippen molar-refractivity contribution in [2.24, 2.45) is 5.73 Å². The van der Waals surface area contributed by atoms with Crippen molar-refractivity contribution in [3.8, 4) is 0 Å². The van der Waals surface area contributed by atoms with Gasteiger partial charge in [-0.25, -0.2) is 0 Å². The van der Waals surface area contributed by atoms with E-state index in [0.29, 0.717) is 5.75 Å². The normalized spacial score (nSPS) is 12.8. The predicted octanol–water partition coefficient (Wildman–Crippen LogP) is 1.58. The summed E-state index contributed by atoms with van der Waals surface area (Å²) in [5, 5.41) is 8.44. The predicted molar refractivity (Wildman–Crippen MR) is 55.4 cm³/mol. The Hall–Kier alpha value is 0.130. The minimum atomic E-state index is -0.918. The van der Waals surface area contributed by atoms with E-state index in [0.717, 1.165) is 5.75 Å². The molecule has 0 bridgehead atoms. The number of carboxylic acid groups (broad SMARTS) is 1. The van der Waals surface area contributed by atoms with Crippen LogP contribution < -0.4 is 5.73 Å². The van der Waals surface area contributed by atoms with Crippen LogP contribution in [0.1, 0.15) is 19.8 Å². The monoisotopic (exact) mass is 209 g/mol. The molecule has 0 aromatic carbocycles. The first-order chi connectivity index (χ1) is 5.68. The average Bonchev–Trinajstić information content (AvgIpc) is 2.03. The number of hydrogen-bond donors (Lipinski definition) is 2. The summed E-state index contributed by atoms with van der Waals surface area (Å²) in [5.41, 5.74) is 5.30. The summed E-state index contributed by atoms with van der Waals surface area (Å²) in [6, 6.07) is -0.718. The lowest BCUT2D eigenvalue weighted by molar-refractivity contribution is -0.137. The highest BCUT2D eigenvalue weighted by molar-refractivity contribution is 8.76. The highest BCUT2D eigenvalue weighted by Crippen LogP contribution is 2.22. The molecule has 3 nitrogen and oxygen atoms in total. The lowest BCUT2D eigenvalue weighted by atomic mass is 10.4. The molecule has 0 spiro atoms. The number of nitrogens with two attached hydrogens (primary N) is 1. The largest absolute Gasteiger partial charge is 0.480 e. The standard InChI is InChI=1S/C7H15NO2S2/c1-2-3-4-11-12-5-6(8)7(9)10/h6H,2-5,8H2,1H3,(H,9,10)/t6-/m0/s1. The molecule has 0 aromatic heterocycles. The molecule has 3 N–H and O–H groups in total. The minimum Gasteiger partial charge on any atom is -0.480 e. The van der Waals surface area contributed by atoms with Crippen molar-refractivity contribution in [3.63, 3.8) is 0 Å². The molecule has 0 radical (unpaired) electrons. The van der Waals surface area contributed by atoms with Crippen molar-refractivity contribution in [1.29, 1.82) is 0 Å². The van der Waals surface area contributed by atoms with Gasteiger partial charge in [-0.05, 0) is 6.42 Å². The summed E-state index contributed by atoms with van der Waals surface area (Å²) in [6.45, 7) is 2.13. The van der Waals surface area contributed by atoms with Gasteiger partial charge in [-0.1, -0.05) is 34.9 Å². The molecule has 0 rings (SSSR count). The van der Waals surface area contributed by atoms with Crippen molar-refractivity contribution >= 4 is 27.6 Å². The van der Waals surface area contributed by atoms with Gasteiger partial charge in [-0.3, -0.25) is 4.79 Å². The molecule has 0 aliphatic heterocycles. The van der Waals surface area contributed by atoms with Crippen LogP contribution in [-0.2, 0) is 4.79 Å². The maximum atomic E-state index is 10.3. The zero-order valence-electron chi connectivity index (χ0n) is 7.16. The van der Waals surface area contributed by atoms with Gasteiger partial charge in [0.2, 0.25) is 0 Å². The van der Waals surface area contributed by atoms with E-state index < -0.39 is 12.0 Å². The second-order valence-electron chi connectivity index (χ2n) is 2.40. The first-order valence-electron chi connectivity index (χ1n) is 3.91. The number of carboxylic acids is 1. The van der Waals surface area contributed by atoms with Crippen molar-refractivity contribution in [3.05, 3.63) is 0 Å². The highest BCUT2D eigenvalue weighted by Gasteiger charge is 2.10. The minimum absolute atomic E-state index is 0.490. The van der Waals surface area contributed by atoms with Crippen molar-refractivity contribution in [1.82, 2.24) is 0 Å². The Labute approximate surface area is 80.9 Å². The fourth-order valence-electron chi connectivity index (χ4n) is 0.455. The molecule has 12 heavy (non-hydrogen) atoms. The van der Waals surface area contributed by atoms with Gasteiger partial charge in [-0.15, -0.1) is 0 Å². The molecule has 0 unspecified atom stereocenters. The quantitative estimate of drug-likeness (QED) is 0.492. The zero-order valence-corrected chi connectivity index (χ0v) is 8.79. The Morgan fingerprint density at radius 2 is 2.25 bits per heavy atom. The number of aliphatic carboxylic acids is 1. The van der Waals surface area contributed by atoms with Gasteiger partial charge >= 0.3 is 5.97 Å². The van der Waals surface area contributed by atoms with E-state index in [-0.39, 0.29) is 0 Å². The Morgan fingerprint density at radius 3 is 2.75 bits per heavy atom. The Bertz CT molecular complexity index is 133. The summed E-state index contributed by atoms with van der Waals surface area (Å²) in [7, 11) is 3.24. The second-order valence-corrected chi connectivity index (χ2v) is 5.03. The van der Waals surface area contributed by atoms with Gasteiger partial charge in [0.1, 0.15) is 6.04 Å².